The first-order chi connectivity index (χ1) is 19.3. The van der Waals surface area contributed by atoms with E-state index in [1.807, 2.05) is 26.0 Å². The number of carbonyl (C=O) groups excluding carboxylic acids is 1. The van der Waals surface area contributed by atoms with Gasteiger partial charge in [-0.2, -0.15) is 15.1 Å². The molecule has 2 aliphatic heterocycles. The van der Waals surface area contributed by atoms with Gasteiger partial charge in [-0.05, 0) is 72.0 Å². The standard InChI is InChI=1S/C30H33ClN4O4S/c1-18(2)29-34-35-27(32)23(28(36)33-30(35)40-29)15-19-16-24(31)26(25(17-19)37-3)39-14-13-38-22-11-9-21(10-12-22)20-7-5-4-6-8-20/h9-12,15-18,20,32H,4-8,13-14H2,1-3H3/b23-15+,32-27?. The zero-order chi connectivity index (χ0) is 28.2. The van der Waals surface area contributed by atoms with E-state index in [4.69, 9.17) is 31.2 Å². The molecule has 3 aliphatic rings. The highest BCUT2D eigenvalue weighted by atomic mass is 35.5. The third-order valence-electron chi connectivity index (χ3n) is 7.08. The molecule has 0 aromatic heterocycles. The maximum atomic E-state index is 12.7. The summed E-state index contributed by atoms with van der Waals surface area (Å²) in [5, 5.41) is 15.9. The van der Waals surface area contributed by atoms with Gasteiger partial charge in [0.15, 0.2) is 17.3 Å². The molecule has 0 spiro atoms. The molecule has 0 atom stereocenters. The summed E-state index contributed by atoms with van der Waals surface area (Å²) in [7, 11) is 1.52. The fraction of sp³-hybridized carbons (Fsp3) is 0.400. The van der Waals surface area contributed by atoms with Crippen LogP contribution in [-0.2, 0) is 4.79 Å². The Morgan fingerprint density at radius 1 is 1.12 bits per heavy atom. The van der Waals surface area contributed by atoms with Crippen LogP contribution in [0, 0.1) is 11.3 Å². The molecule has 1 amide bonds. The van der Waals surface area contributed by atoms with Crippen LogP contribution in [0.25, 0.3) is 6.08 Å². The van der Waals surface area contributed by atoms with Crippen molar-refractivity contribution in [3.63, 3.8) is 0 Å². The van der Waals surface area contributed by atoms with E-state index in [1.54, 1.807) is 18.2 Å². The van der Waals surface area contributed by atoms with E-state index in [9.17, 15) is 4.79 Å². The van der Waals surface area contributed by atoms with Gasteiger partial charge in [0.1, 0.15) is 24.0 Å². The van der Waals surface area contributed by atoms with Crippen molar-refractivity contribution in [3.8, 4) is 17.2 Å². The summed E-state index contributed by atoms with van der Waals surface area (Å²) in [6.45, 7) is 4.62. The van der Waals surface area contributed by atoms with E-state index in [1.165, 1.54) is 61.5 Å². The molecule has 10 heteroatoms. The summed E-state index contributed by atoms with van der Waals surface area (Å²) >= 11 is 7.87. The van der Waals surface area contributed by atoms with Crippen molar-refractivity contribution in [1.29, 1.82) is 5.41 Å². The van der Waals surface area contributed by atoms with Gasteiger partial charge in [-0.3, -0.25) is 10.2 Å². The number of aliphatic imine (C=N–C) groups is 1. The maximum absolute atomic E-state index is 12.7. The molecular weight excluding hydrogens is 548 g/mol. The normalized spacial score (nSPS) is 18.6. The Kier molecular flexibility index (Phi) is 8.81. The monoisotopic (exact) mass is 580 g/mol. The van der Waals surface area contributed by atoms with E-state index >= 15 is 0 Å². The number of amidine groups is 2. The predicted molar refractivity (Wildman–Crippen MR) is 161 cm³/mol. The van der Waals surface area contributed by atoms with Crippen LogP contribution in [0.2, 0.25) is 5.02 Å². The number of amides is 1. The van der Waals surface area contributed by atoms with Gasteiger partial charge in [0, 0.05) is 5.92 Å². The SMILES string of the molecule is COc1cc(/C=C2\C(=N)N3N=C(C(C)C)SC3=NC2=O)cc(Cl)c1OCCOc1ccc(C2CCCCC2)cc1. The lowest BCUT2D eigenvalue weighted by molar-refractivity contribution is -0.114. The van der Waals surface area contributed by atoms with Crippen LogP contribution in [0.15, 0.2) is 52.1 Å². The number of thioether (sulfide) groups is 1. The van der Waals surface area contributed by atoms with Crippen molar-refractivity contribution in [2.45, 2.75) is 51.9 Å². The van der Waals surface area contributed by atoms with Gasteiger partial charge in [-0.15, -0.1) is 0 Å². The third-order valence-corrected chi connectivity index (χ3v) is 8.57. The van der Waals surface area contributed by atoms with Gasteiger partial charge in [-0.25, -0.2) is 0 Å². The molecule has 0 unspecified atom stereocenters. The molecule has 0 saturated heterocycles. The molecular formula is C30H33ClN4O4S. The van der Waals surface area contributed by atoms with Crippen molar-refractivity contribution >= 4 is 51.4 Å². The molecule has 2 heterocycles. The number of methoxy groups -OCH3 is 1. The second-order valence-electron chi connectivity index (χ2n) is 10.2. The fourth-order valence-electron chi connectivity index (χ4n) is 4.95. The largest absolute Gasteiger partial charge is 0.493 e. The van der Waals surface area contributed by atoms with Crippen LogP contribution in [-0.4, -0.2) is 47.3 Å². The highest BCUT2D eigenvalue weighted by Crippen LogP contribution is 2.38. The van der Waals surface area contributed by atoms with Crippen LogP contribution in [0.3, 0.4) is 0 Å². The zero-order valence-electron chi connectivity index (χ0n) is 22.9. The quantitative estimate of drug-likeness (QED) is 0.250. The molecule has 2 aromatic carbocycles. The van der Waals surface area contributed by atoms with Crippen molar-refractivity contribution < 1.29 is 19.0 Å². The number of ether oxygens (including phenoxy) is 3. The number of carbonyl (C=O) groups is 1. The Hall–Kier alpha value is -3.30. The Balaban J connectivity index is 1.22. The highest BCUT2D eigenvalue weighted by Gasteiger charge is 2.36. The molecule has 40 heavy (non-hydrogen) atoms. The Morgan fingerprint density at radius 3 is 2.55 bits per heavy atom. The first-order valence-electron chi connectivity index (χ1n) is 13.6. The number of fused-ring (bicyclic) bond motifs is 1. The van der Waals surface area contributed by atoms with Gasteiger partial charge < -0.3 is 14.2 Å². The highest BCUT2D eigenvalue weighted by molar-refractivity contribution is 8.27. The number of hydrogen-bond acceptors (Lipinski definition) is 7. The summed E-state index contributed by atoms with van der Waals surface area (Å²) in [6.07, 6.45) is 8.08. The van der Waals surface area contributed by atoms with Crippen LogP contribution >= 0.6 is 23.4 Å². The van der Waals surface area contributed by atoms with Gasteiger partial charge in [0.25, 0.3) is 5.91 Å². The second kappa shape index (κ2) is 12.5. The smallest absolute Gasteiger partial charge is 0.283 e. The van der Waals surface area contributed by atoms with Crippen LogP contribution in [0.1, 0.15) is 63.0 Å². The van der Waals surface area contributed by atoms with Gasteiger partial charge in [0.05, 0.1) is 17.7 Å². The van der Waals surface area contributed by atoms with Crippen LogP contribution in [0.5, 0.6) is 17.2 Å². The van der Waals surface area contributed by atoms with E-state index in [0.717, 1.165) is 10.8 Å². The number of rotatable bonds is 9. The van der Waals surface area contributed by atoms with E-state index in [2.05, 4.69) is 22.2 Å². The van der Waals surface area contributed by atoms with Crippen molar-refractivity contribution in [2.75, 3.05) is 20.3 Å². The van der Waals surface area contributed by atoms with Crippen LogP contribution < -0.4 is 14.2 Å². The molecule has 0 bridgehead atoms. The summed E-state index contributed by atoms with van der Waals surface area (Å²) in [6, 6.07) is 11.7. The number of hydrazone groups is 1. The Bertz CT molecular complexity index is 1380. The Labute approximate surface area is 243 Å². The summed E-state index contributed by atoms with van der Waals surface area (Å²) in [4.78, 5) is 16.9. The topological polar surface area (TPSA) is 96.6 Å². The molecule has 5 rings (SSSR count). The second-order valence-corrected chi connectivity index (χ2v) is 11.6. The van der Waals surface area contributed by atoms with E-state index < -0.39 is 5.91 Å². The number of halogens is 1. The summed E-state index contributed by atoms with van der Waals surface area (Å²) < 4.78 is 17.3. The third kappa shape index (κ3) is 6.20. The lowest BCUT2D eigenvalue weighted by Crippen LogP contribution is -2.35. The van der Waals surface area contributed by atoms with Crippen molar-refractivity contribution in [3.05, 3.63) is 58.1 Å². The van der Waals surface area contributed by atoms with Crippen molar-refractivity contribution in [1.82, 2.24) is 5.01 Å². The molecule has 2 aromatic rings. The molecule has 1 aliphatic carbocycles. The predicted octanol–water partition coefficient (Wildman–Crippen LogP) is 7.13. The molecule has 0 radical (unpaired) electrons. The molecule has 210 valence electrons. The van der Waals surface area contributed by atoms with Gasteiger partial charge in [-0.1, -0.05) is 56.8 Å². The number of nitrogens with one attached hydrogen (secondary N) is 1. The number of nitrogens with zero attached hydrogens (tertiary/aromatic N) is 3. The molecule has 1 fully saturated rings. The van der Waals surface area contributed by atoms with Crippen molar-refractivity contribution in [2.24, 2.45) is 16.0 Å². The number of hydrogen-bond donors (Lipinski definition) is 1. The van der Waals surface area contributed by atoms with E-state index in [-0.39, 0.29) is 23.9 Å². The lowest BCUT2D eigenvalue weighted by Gasteiger charge is -2.22. The minimum Gasteiger partial charge on any atom is -0.493 e. The van der Waals surface area contributed by atoms with Gasteiger partial charge >= 0.3 is 0 Å². The van der Waals surface area contributed by atoms with E-state index in [0.29, 0.717) is 39.8 Å². The summed E-state index contributed by atoms with van der Waals surface area (Å²) in [5.41, 5.74) is 2.09. The fourth-order valence-corrected chi connectivity index (χ4v) is 6.11. The first kappa shape index (κ1) is 28.2. The minimum atomic E-state index is -0.497. The molecule has 1 saturated carbocycles. The maximum Gasteiger partial charge on any atom is 0.283 e. The van der Waals surface area contributed by atoms with Gasteiger partial charge in [0.2, 0.25) is 5.17 Å². The first-order valence-corrected chi connectivity index (χ1v) is 14.8. The average Bonchev–Trinajstić information content (AvgIpc) is 3.39. The molecule has 8 nitrogen and oxygen atoms in total. The summed E-state index contributed by atoms with van der Waals surface area (Å²) in [5.74, 6) is 1.90. The zero-order valence-corrected chi connectivity index (χ0v) is 24.5. The Morgan fingerprint density at radius 2 is 1.85 bits per heavy atom. The van der Waals surface area contributed by atoms with Crippen LogP contribution in [0.4, 0.5) is 0 Å². The molecule has 1 N–H and O–H groups in total. The minimum absolute atomic E-state index is 0.0301. The number of benzene rings is 2. The average molecular weight is 581 g/mol. The lowest BCUT2D eigenvalue weighted by atomic mass is 9.84.